The summed E-state index contributed by atoms with van der Waals surface area (Å²) in [6, 6.07) is 12.8. The third-order valence-electron chi connectivity index (χ3n) is 5.25. The van der Waals surface area contributed by atoms with Crippen LogP contribution in [0.4, 0.5) is 9.52 Å². The molecule has 1 saturated heterocycles. The number of aromatic nitrogens is 1. The maximum atomic E-state index is 13.1. The fraction of sp³-hybridized carbons (Fsp3) is 0.273. The molecule has 168 valence electrons. The Morgan fingerprint density at radius 3 is 2.38 bits per heavy atom. The van der Waals surface area contributed by atoms with Crippen LogP contribution in [0.5, 0.6) is 0 Å². The van der Waals surface area contributed by atoms with Gasteiger partial charge in [-0.05, 0) is 31.2 Å². The Labute approximate surface area is 190 Å². The maximum Gasteiger partial charge on any atom is 0.243 e. The van der Waals surface area contributed by atoms with Gasteiger partial charge in [-0.15, -0.1) is 11.3 Å². The van der Waals surface area contributed by atoms with Crippen molar-refractivity contribution in [2.24, 2.45) is 0 Å². The fourth-order valence-corrected chi connectivity index (χ4v) is 5.59. The van der Waals surface area contributed by atoms with E-state index in [0.717, 1.165) is 23.4 Å². The number of amides is 1. The molecule has 7 nitrogen and oxygen atoms in total. The number of carbonyl (C=O) groups is 1. The van der Waals surface area contributed by atoms with E-state index in [1.54, 1.807) is 0 Å². The van der Waals surface area contributed by atoms with Crippen LogP contribution in [-0.2, 0) is 14.8 Å². The Morgan fingerprint density at radius 1 is 1.06 bits per heavy atom. The summed E-state index contributed by atoms with van der Waals surface area (Å²) in [6.07, 6.45) is 0. The van der Waals surface area contributed by atoms with Crippen molar-refractivity contribution in [2.45, 2.75) is 11.8 Å². The summed E-state index contributed by atoms with van der Waals surface area (Å²) in [4.78, 5) is 18.9. The van der Waals surface area contributed by atoms with E-state index in [4.69, 9.17) is 0 Å². The summed E-state index contributed by atoms with van der Waals surface area (Å²) in [5.74, 6) is -0.671. The van der Waals surface area contributed by atoms with E-state index < -0.39 is 15.8 Å². The topological polar surface area (TPSA) is 82.6 Å². The largest absolute Gasteiger partial charge is 0.301 e. The lowest BCUT2D eigenvalue weighted by molar-refractivity contribution is -0.117. The molecule has 1 aromatic heterocycles. The van der Waals surface area contributed by atoms with E-state index in [1.165, 1.54) is 33.3 Å². The number of hydrogen-bond acceptors (Lipinski definition) is 6. The van der Waals surface area contributed by atoms with Crippen molar-refractivity contribution < 1.29 is 17.6 Å². The van der Waals surface area contributed by atoms with Crippen LogP contribution in [0, 0.1) is 12.7 Å². The molecule has 1 aliphatic heterocycles. The lowest BCUT2D eigenvalue weighted by Crippen LogP contribution is -2.50. The average Bonchev–Trinajstić information content (AvgIpc) is 3.23. The first-order valence-corrected chi connectivity index (χ1v) is 12.4. The number of rotatable bonds is 6. The predicted octanol–water partition coefficient (Wildman–Crippen LogP) is 3.20. The molecule has 0 spiro atoms. The summed E-state index contributed by atoms with van der Waals surface area (Å²) in [6.45, 7) is 3.57. The fourth-order valence-electron chi connectivity index (χ4n) is 3.43. The molecular formula is C22H23FN4O3S2. The minimum Gasteiger partial charge on any atom is -0.301 e. The van der Waals surface area contributed by atoms with Crippen molar-refractivity contribution in [3.8, 4) is 11.3 Å². The van der Waals surface area contributed by atoms with Crippen molar-refractivity contribution in [3.05, 3.63) is 65.3 Å². The maximum absolute atomic E-state index is 13.1. The normalized spacial score (nSPS) is 15.6. The Bertz CT molecular complexity index is 1190. The highest BCUT2D eigenvalue weighted by atomic mass is 32.2. The van der Waals surface area contributed by atoms with Gasteiger partial charge in [0.25, 0.3) is 0 Å². The zero-order valence-corrected chi connectivity index (χ0v) is 19.1. The number of sulfonamides is 1. The first-order chi connectivity index (χ1) is 15.3. The van der Waals surface area contributed by atoms with E-state index >= 15 is 0 Å². The molecule has 2 heterocycles. The molecule has 1 amide bonds. The minimum atomic E-state index is -3.67. The van der Waals surface area contributed by atoms with E-state index in [0.29, 0.717) is 18.2 Å². The quantitative estimate of drug-likeness (QED) is 0.593. The molecule has 0 radical (unpaired) electrons. The Hall–Kier alpha value is -2.66. The number of benzene rings is 2. The summed E-state index contributed by atoms with van der Waals surface area (Å²) in [7, 11) is -3.67. The molecular weight excluding hydrogens is 451 g/mol. The van der Waals surface area contributed by atoms with Crippen LogP contribution in [-0.4, -0.2) is 61.2 Å². The van der Waals surface area contributed by atoms with Crippen LogP contribution in [0.15, 0.2) is 58.8 Å². The lowest BCUT2D eigenvalue weighted by Gasteiger charge is -2.33. The monoisotopic (exact) mass is 474 g/mol. The minimum absolute atomic E-state index is 0.0678. The van der Waals surface area contributed by atoms with Gasteiger partial charge in [0.05, 0.1) is 17.1 Å². The van der Waals surface area contributed by atoms with Gasteiger partial charge < -0.3 is 5.32 Å². The standard InChI is InChI=1S/C22H23FN4O3S2/c1-16-2-4-17(5-3-16)20-15-31-22(24-20)25-21(28)14-26-10-12-27(13-11-26)32(29,30)19-8-6-18(23)7-9-19/h2-9,15H,10-14H2,1H3,(H,24,25,28). The Kier molecular flexibility index (Phi) is 6.66. The number of aryl methyl sites for hydroxylation is 1. The number of hydrogen-bond donors (Lipinski definition) is 1. The number of carbonyl (C=O) groups excluding carboxylic acids is 1. The molecule has 10 heteroatoms. The summed E-state index contributed by atoms with van der Waals surface area (Å²) < 4.78 is 39.9. The predicted molar refractivity (Wildman–Crippen MR) is 123 cm³/mol. The van der Waals surface area contributed by atoms with Crippen molar-refractivity contribution in [1.29, 1.82) is 0 Å². The van der Waals surface area contributed by atoms with E-state index in [9.17, 15) is 17.6 Å². The summed E-state index contributed by atoms with van der Waals surface area (Å²) in [5.41, 5.74) is 2.97. The highest BCUT2D eigenvalue weighted by Crippen LogP contribution is 2.25. The SMILES string of the molecule is Cc1ccc(-c2csc(NC(=O)CN3CCN(S(=O)(=O)c4ccc(F)cc4)CC3)n2)cc1. The second-order valence-electron chi connectivity index (χ2n) is 7.59. The number of piperazine rings is 1. The summed E-state index contributed by atoms with van der Waals surface area (Å²) >= 11 is 1.37. The van der Waals surface area contributed by atoms with Crippen LogP contribution < -0.4 is 5.32 Å². The first kappa shape index (κ1) is 22.5. The van der Waals surface area contributed by atoms with Gasteiger partial charge in [-0.25, -0.2) is 17.8 Å². The van der Waals surface area contributed by atoms with Crippen LogP contribution in [0.25, 0.3) is 11.3 Å². The summed E-state index contributed by atoms with van der Waals surface area (Å²) in [5, 5.41) is 5.26. The zero-order valence-electron chi connectivity index (χ0n) is 17.5. The van der Waals surface area contributed by atoms with Crippen molar-refractivity contribution in [1.82, 2.24) is 14.2 Å². The smallest absolute Gasteiger partial charge is 0.243 e. The molecule has 1 fully saturated rings. The molecule has 0 saturated carbocycles. The van der Waals surface area contributed by atoms with Gasteiger partial charge in [-0.3, -0.25) is 9.69 Å². The van der Waals surface area contributed by atoms with Crippen LogP contribution in [0.1, 0.15) is 5.56 Å². The van der Waals surface area contributed by atoms with Gasteiger partial charge in [-0.2, -0.15) is 4.31 Å². The molecule has 32 heavy (non-hydrogen) atoms. The molecule has 1 aliphatic rings. The second-order valence-corrected chi connectivity index (χ2v) is 10.4. The third-order valence-corrected chi connectivity index (χ3v) is 7.92. The molecule has 0 unspecified atom stereocenters. The second kappa shape index (κ2) is 9.45. The molecule has 0 bridgehead atoms. The van der Waals surface area contributed by atoms with Gasteiger partial charge in [0.15, 0.2) is 5.13 Å². The Morgan fingerprint density at radius 2 is 1.72 bits per heavy atom. The molecule has 3 aromatic rings. The number of thiazole rings is 1. The van der Waals surface area contributed by atoms with Crippen molar-refractivity contribution in [3.63, 3.8) is 0 Å². The molecule has 1 N–H and O–H groups in total. The zero-order chi connectivity index (χ0) is 22.7. The van der Waals surface area contributed by atoms with Gasteiger partial charge in [0, 0.05) is 37.1 Å². The number of halogens is 1. The van der Waals surface area contributed by atoms with E-state index in [-0.39, 0.29) is 30.4 Å². The third kappa shape index (κ3) is 5.21. The van der Waals surface area contributed by atoms with Crippen LogP contribution >= 0.6 is 11.3 Å². The molecule has 0 aliphatic carbocycles. The molecule has 4 rings (SSSR count). The molecule has 0 atom stereocenters. The highest BCUT2D eigenvalue weighted by molar-refractivity contribution is 7.89. The van der Waals surface area contributed by atoms with Gasteiger partial charge in [0.2, 0.25) is 15.9 Å². The molecule has 2 aromatic carbocycles. The average molecular weight is 475 g/mol. The highest BCUT2D eigenvalue weighted by Gasteiger charge is 2.29. The Balaban J connectivity index is 1.29. The van der Waals surface area contributed by atoms with Crippen molar-refractivity contribution in [2.75, 3.05) is 38.0 Å². The number of nitrogens with zero attached hydrogens (tertiary/aromatic N) is 3. The number of anilines is 1. The number of nitrogens with one attached hydrogen (secondary N) is 1. The lowest BCUT2D eigenvalue weighted by atomic mass is 10.1. The van der Waals surface area contributed by atoms with Gasteiger partial charge in [-0.1, -0.05) is 29.8 Å². The van der Waals surface area contributed by atoms with Gasteiger partial charge in [0.1, 0.15) is 5.82 Å². The van der Waals surface area contributed by atoms with E-state index in [2.05, 4.69) is 10.3 Å². The van der Waals surface area contributed by atoms with Crippen LogP contribution in [0.3, 0.4) is 0 Å². The van der Waals surface area contributed by atoms with Gasteiger partial charge >= 0.3 is 0 Å². The van der Waals surface area contributed by atoms with E-state index in [1.807, 2.05) is 41.5 Å². The van der Waals surface area contributed by atoms with Crippen LogP contribution in [0.2, 0.25) is 0 Å². The first-order valence-electron chi connectivity index (χ1n) is 10.1. The van der Waals surface area contributed by atoms with Crippen molar-refractivity contribution >= 4 is 32.4 Å².